The minimum Gasteiger partial charge on any atom is -0.350 e. The van der Waals surface area contributed by atoms with Crippen molar-refractivity contribution in [3.05, 3.63) is 39.5 Å². The first kappa shape index (κ1) is 15.5. The van der Waals surface area contributed by atoms with Gasteiger partial charge in [-0.05, 0) is 25.3 Å². The highest BCUT2D eigenvalue weighted by Crippen LogP contribution is 2.21. The third-order valence-electron chi connectivity index (χ3n) is 2.66. The van der Waals surface area contributed by atoms with Crippen LogP contribution in [0.15, 0.2) is 22.5 Å². The summed E-state index contributed by atoms with van der Waals surface area (Å²) in [7, 11) is 0. The third-order valence-corrected chi connectivity index (χ3v) is 4.51. The predicted octanol–water partition coefficient (Wildman–Crippen LogP) is 2.44. The highest BCUT2D eigenvalue weighted by atomic mass is 32.2. The molecule has 0 saturated heterocycles. The molecule has 0 aliphatic carbocycles. The fourth-order valence-electron chi connectivity index (χ4n) is 1.70. The summed E-state index contributed by atoms with van der Waals surface area (Å²) in [5, 5.41) is 14.5. The van der Waals surface area contributed by atoms with E-state index in [1.54, 1.807) is 25.2 Å². The highest BCUT2D eigenvalue weighted by Gasteiger charge is 2.12. The van der Waals surface area contributed by atoms with Crippen LogP contribution in [0.1, 0.15) is 22.0 Å². The molecule has 1 amide bonds. The third kappa shape index (κ3) is 4.28. The SMILES string of the molecule is Cc1nc(C)c(C#N)c(SCC(=O)NCc2cccs2)n1. The van der Waals surface area contributed by atoms with E-state index >= 15 is 0 Å². The summed E-state index contributed by atoms with van der Waals surface area (Å²) in [6.45, 7) is 4.08. The first-order valence-electron chi connectivity index (χ1n) is 6.27. The van der Waals surface area contributed by atoms with Crippen LogP contribution < -0.4 is 5.32 Å². The first-order chi connectivity index (χ1) is 10.1. The number of rotatable bonds is 5. The molecule has 5 nitrogen and oxygen atoms in total. The van der Waals surface area contributed by atoms with Crippen LogP contribution in [0.5, 0.6) is 0 Å². The van der Waals surface area contributed by atoms with Crippen LogP contribution in [0.2, 0.25) is 0 Å². The molecule has 21 heavy (non-hydrogen) atoms. The van der Waals surface area contributed by atoms with E-state index in [-0.39, 0.29) is 11.7 Å². The molecule has 0 radical (unpaired) electrons. The first-order valence-corrected chi connectivity index (χ1v) is 8.14. The quantitative estimate of drug-likeness (QED) is 0.676. The maximum Gasteiger partial charge on any atom is 0.230 e. The summed E-state index contributed by atoms with van der Waals surface area (Å²) in [6.07, 6.45) is 0. The van der Waals surface area contributed by atoms with Gasteiger partial charge in [-0.2, -0.15) is 5.26 Å². The molecule has 1 N–H and O–H groups in total. The zero-order chi connectivity index (χ0) is 15.2. The van der Waals surface area contributed by atoms with Crippen molar-refractivity contribution in [3.63, 3.8) is 0 Å². The van der Waals surface area contributed by atoms with Crippen molar-refractivity contribution in [1.29, 1.82) is 5.26 Å². The molecule has 0 fully saturated rings. The number of nitrogens with one attached hydrogen (secondary N) is 1. The molecule has 0 aromatic carbocycles. The molecule has 0 unspecified atom stereocenters. The summed E-state index contributed by atoms with van der Waals surface area (Å²) < 4.78 is 0. The maximum atomic E-state index is 11.8. The molecular weight excluding hydrogens is 304 g/mol. The zero-order valence-electron chi connectivity index (χ0n) is 11.7. The second-order valence-corrected chi connectivity index (χ2v) is 6.29. The van der Waals surface area contributed by atoms with E-state index in [2.05, 4.69) is 21.4 Å². The lowest BCUT2D eigenvalue weighted by atomic mass is 10.3. The molecule has 2 heterocycles. The van der Waals surface area contributed by atoms with Gasteiger partial charge in [0, 0.05) is 4.88 Å². The molecule has 0 aliphatic heterocycles. The Bertz CT molecular complexity index is 677. The van der Waals surface area contributed by atoms with Gasteiger partial charge in [0.25, 0.3) is 0 Å². The lowest BCUT2D eigenvalue weighted by Crippen LogP contribution is -2.24. The topological polar surface area (TPSA) is 78.7 Å². The van der Waals surface area contributed by atoms with Gasteiger partial charge in [0.15, 0.2) is 0 Å². The van der Waals surface area contributed by atoms with E-state index in [4.69, 9.17) is 5.26 Å². The number of aryl methyl sites for hydroxylation is 2. The predicted molar refractivity (Wildman–Crippen MR) is 83.1 cm³/mol. The average Bonchev–Trinajstić information content (AvgIpc) is 2.95. The van der Waals surface area contributed by atoms with Crippen LogP contribution in [0.25, 0.3) is 0 Å². The van der Waals surface area contributed by atoms with Crippen LogP contribution in [0, 0.1) is 25.2 Å². The van der Waals surface area contributed by atoms with Gasteiger partial charge in [0.05, 0.1) is 18.0 Å². The number of amides is 1. The molecule has 0 bridgehead atoms. The number of nitrogens with zero attached hydrogens (tertiary/aromatic N) is 3. The van der Waals surface area contributed by atoms with E-state index in [1.807, 2.05) is 17.5 Å². The molecule has 0 aliphatic rings. The maximum absolute atomic E-state index is 11.8. The van der Waals surface area contributed by atoms with Crippen molar-refractivity contribution in [2.45, 2.75) is 25.4 Å². The van der Waals surface area contributed by atoms with E-state index in [9.17, 15) is 4.79 Å². The Kier molecular flexibility index (Phi) is 5.31. The Morgan fingerprint density at radius 1 is 1.48 bits per heavy atom. The summed E-state index contributed by atoms with van der Waals surface area (Å²) >= 11 is 2.87. The van der Waals surface area contributed by atoms with Gasteiger partial charge in [-0.1, -0.05) is 17.8 Å². The molecule has 2 rings (SSSR count). The molecule has 0 spiro atoms. The normalized spacial score (nSPS) is 10.1. The number of hydrogen-bond donors (Lipinski definition) is 1. The second kappa shape index (κ2) is 7.20. The minimum atomic E-state index is -0.0776. The van der Waals surface area contributed by atoms with Gasteiger partial charge in [-0.3, -0.25) is 4.79 Å². The fraction of sp³-hybridized carbons (Fsp3) is 0.286. The second-order valence-electron chi connectivity index (χ2n) is 4.29. The Labute approximate surface area is 131 Å². The molecule has 2 aromatic rings. The van der Waals surface area contributed by atoms with Crippen LogP contribution in [0.4, 0.5) is 0 Å². The van der Waals surface area contributed by atoms with Crippen molar-refractivity contribution in [1.82, 2.24) is 15.3 Å². The molecular formula is C14H14N4OS2. The van der Waals surface area contributed by atoms with E-state index in [1.165, 1.54) is 11.8 Å². The summed E-state index contributed by atoms with van der Waals surface area (Å²) in [5.74, 6) is 0.759. The Morgan fingerprint density at radius 3 is 2.95 bits per heavy atom. The van der Waals surface area contributed by atoms with Gasteiger partial charge in [0.1, 0.15) is 22.5 Å². The fourth-order valence-corrected chi connectivity index (χ4v) is 3.25. The van der Waals surface area contributed by atoms with Gasteiger partial charge >= 0.3 is 0 Å². The van der Waals surface area contributed by atoms with E-state index in [0.717, 1.165) is 4.88 Å². The van der Waals surface area contributed by atoms with Gasteiger partial charge < -0.3 is 5.32 Å². The van der Waals surface area contributed by atoms with Gasteiger partial charge in [-0.25, -0.2) is 9.97 Å². The van der Waals surface area contributed by atoms with Crippen molar-refractivity contribution in [3.8, 4) is 6.07 Å². The van der Waals surface area contributed by atoms with Gasteiger partial charge in [-0.15, -0.1) is 11.3 Å². The zero-order valence-corrected chi connectivity index (χ0v) is 13.3. The molecule has 0 saturated carbocycles. The van der Waals surface area contributed by atoms with Crippen molar-refractivity contribution >= 4 is 29.0 Å². The minimum absolute atomic E-state index is 0.0776. The lowest BCUT2D eigenvalue weighted by molar-refractivity contribution is -0.118. The van der Waals surface area contributed by atoms with Gasteiger partial charge in [0.2, 0.25) is 5.91 Å². The van der Waals surface area contributed by atoms with E-state index in [0.29, 0.717) is 28.7 Å². The number of hydrogen-bond acceptors (Lipinski definition) is 6. The molecule has 2 aromatic heterocycles. The standard InChI is InChI=1S/C14H14N4OS2/c1-9-12(6-15)14(18-10(2)17-9)21-8-13(19)16-7-11-4-3-5-20-11/h3-5H,7-8H2,1-2H3,(H,16,19). The van der Waals surface area contributed by atoms with Crippen LogP contribution in [0.3, 0.4) is 0 Å². The Balaban J connectivity index is 1.93. The van der Waals surface area contributed by atoms with Crippen molar-refractivity contribution in [2.24, 2.45) is 0 Å². The number of aromatic nitrogens is 2. The van der Waals surface area contributed by atoms with Crippen molar-refractivity contribution < 1.29 is 4.79 Å². The summed E-state index contributed by atoms with van der Waals surface area (Å²) in [6, 6.07) is 6.02. The highest BCUT2D eigenvalue weighted by molar-refractivity contribution is 8.00. The number of thiophene rings is 1. The summed E-state index contributed by atoms with van der Waals surface area (Å²) in [4.78, 5) is 21.3. The average molecular weight is 318 g/mol. The Hall–Kier alpha value is -1.91. The Morgan fingerprint density at radius 2 is 2.29 bits per heavy atom. The molecule has 0 atom stereocenters. The summed E-state index contributed by atoms with van der Waals surface area (Å²) in [5.41, 5.74) is 1.09. The van der Waals surface area contributed by atoms with Crippen molar-refractivity contribution in [2.75, 3.05) is 5.75 Å². The van der Waals surface area contributed by atoms with Crippen LogP contribution in [-0.2, 0) is 11.3 Å². The smallest absolute Gasteiger partial charge is 0.230 e. The largest absolute Gasteiger partial charge is 0.350 e. The number of carbonyl (C=O) groups excluding carboxylic acids is 1. The number of nitriles is 1. The van der Waals surface area contributed by atoms with E-state index < -0.39 is 0 Å². The number of carbonyl (C=O) groups is 1. The number of thioether (sulfide) groups is 1. The lowest BCUT2D eigenvalue weighted by Gasteiger charge is -2.07. The van der Waals surface area contributed by atoms with Crippen LogP contribution in [-0.4, -0.2) is 21.6 Å². The molecule has 7 heteroatoms. The van der Waals surface area contributed by atoms with Crippen LogP contribution >= 0.6 is 23.1 Å². The molecule has 108 valence electrons. The monoisotopic (exact) mass is 318 g/mol.